The minimum Gasteiger partial charge on any atom is -0.497 e. The van der Waals surface area contributed by atoms with Crippen molar-refractivity contribution >= 4 is 17.3 Å². The topological polar surface area (TPSA) is 74.5 Å². The smallest absolute Gasteiger partial charge is 0.229 e. The van der Waals surface area contributed by atoms with E-state index >= 15 is 0 Å². The van der Waals surface area contributed by atoms with Gasteiger partial charge in [-0.05, 0) is 35.9 Å². The zero-order valence-corrected chi connectivity index (χ0v) is 13.8. The van der Waals surface area contributed by atoms with Crippen LogP contribution in [0.25, 0.3) is 11.1 Å². The Hall–Kier alpha value is -2.69. The second-order valence-corrected chi connectivity index (χ2v) is 6.28. The highest BCUT2D eigenvalue weighted by atomic mass is 16.5. The quantitative estimate of drug-likeness (QED) is 0.779. The number of ether oxygens (including phenoxy) is 1. The van der Waals surface area contributed by atoms with E-state index in [1.165, 1.54) is 0 Å². The van der Waals surface area contributed by atoms with Crippen LogP contribution >= 0.6 is 0 Å². The lowest BCUT2D eigenvalue weighted by Crippen LogP contribution is -2.27. The third-order valence-electron chi connectivity index (χ3n) is 3.46. The Bertz CT molecular complexity index is 716. The minimum absolute atomic E-state index is 0.0338. The van der Waals surface area contributed by atoms with E-state index in [2.05, 4.69) is 10.4 Å². The van der Waals surface area contributed by atoms with Crippen LogP contribution in [-0.4, -0.2) is 13.0 Å². The molecule has 0 unspecified atom stereocenters. The predicted octanol–water partition coefficient (Wildman–Crippen LogP) is 5.01. The summed E-state index contributed by atoms with van der Waals surface area (Å²) >= 11 is 0. The Morgan fingerprint density at radius 1 is 1.13 bits per heavy atom. The number of hydrogen-bond donors (Lipinski definition) is 2. The molecule has 0 aromatic heterocycles. The SMILES string of the molecule is COc1ccc(N=N)c(-c2ccc(NC(=O)C(C)(C)C)cc2)c1. The lowest BCUT2D eigenvalue weighted by molar-refractivity contribution is -0.123. The minimum atomic E-state index is -0.442. The normalized spacial score (nSPS) is 11.0. The Morgan fingerprint density at radius 3 is 2.30 bits per heavy atom. The van der Waals surface area contributed by atoms with Crippen molar-refractivity contribution in [2.75, 3.05) is 12.4 Å². The van der Waals surface area contributed by atoms with Crippen molar-refractivity contribution < 1.29 is 9.53 Å². The molecule has 2 rings (SSSR count). The van der Waals surface area contributed by atoms with Crippen LogP contribution in [0.2, 0.25) is 0 Å². The molecule has 2 N–H and O–H groups in total. The Kier molecular flexibility index (Phi) is 4.79. The summed E-state index contributed by atoms with van der Waals surface area (Å²) in [6, 6.07) is 12.8. The van der Waals surface area contributed by atoms with Crippen LogP contribution in [0, 0.1) is 10.9 Å². The van der Waals surface area contributed by atoms with Gasteiger partial charge in [0, 0.05) is 16.7 Å². The van der Waals surface area contributed by atoms with Gasteiger partial charge in [-0.3, -0.25) is 4.79 Å². The number of rotatable bonds is 4. The van der Waals surface area contributed by atoms with Crippen molar-refractivity contribution in [1.29, 1.82) is 5.53 Å². The highest BCUT2D eigenvalue weighted by Gasteiger charge is 2.21. The van der Waals surface area contributed by atoms with Crippen molar-refractivity contribution in [3.8, 4) is 16.9 Å². The number of nitrogens with zero attached hydrogens (tertiary/aromatic N) is 1. The number of benzene rings is 2. The van der Waals surface area contributed by atoms with E-state index in [0.717, 1.165) is 16.8 Å². The fourth-order valence-corrected chi connectivity index (χ4v) is 2.02. The number of nitrogens with one attached hydrogen (secondary N) is 2. The molecule has 0 atom stereocenters. The zero-order valence-electron chi connectivity index (χ0n) is 13.8. The van der Waals surface area contributed by atoms with E-state index in [0.29, 0.717) is 11.4 Å². The average molecular weight is 311 g/mol. The number of amides is 1. The van der Waals surface area contributed by atoms with Gasteiger partial charge in [-0.25, -0.2) is 5.53 Å². The Morgan fingerprint density at radius 2 is 1.78 bits per heavy atom. The summed E-state index contributed by atoms with van der Waals surface area (Å²) in [5.41, 5.74) is 9.87. The maximum absolute atomic E-state index is 12.0. The fourth-order valence-electron chi connectivity index (χ4n) is 2.02. The summed E-state index contributed by atoms with van der Waals surface area (Å²) in [6.45, 7) is 5.61. The Balaban J connectivity index is 2.29. The highest BCUT2D eigenvalue weighted by molar-refractivity contribution is 5.94. The molecule has 0 aliphatic rings. The van der Waals surface area contributed by atoms with Crippen LogP contribution in [0.5, 0.6) is 5.75 Å². The first kappa shape index (κ1) is 16.7. The number of carbonyl (C=O) groups is 1. The molecule has 0 saturated heterocycles. The molecule has 0 saturated carbocycles. The van der Waals surface area contributed by atoms with Gasteiger partial charge >= 0.3 is 0 Å². The molecule has 2 aromatic rings. The van der Waals surface area contributed by atoms with E-state index in [1.807, 2.05) is 51.1 Å². The molecular weight excluding hydrogens is 290 g/mol. The summed E-state index contributed by atoms with van der Waals surface area (Å²) in [7, 11) is 1.60. The van der Waals surface area contributed by atoms with Gasteiger partial charge in [-0.15, -0.1) is 0 Å². The molecule has 1 amide bonds. The number of hydrogen-bond acceptors (Lipinski definition) is 4. The molecule has 2 aromatic carbocycles. The molecule has 5 nitrogen and oxygen atoms in total. The summed E-state index contributed by atoms with van der Waals surface area (Å²) in [5.74, 6) is 0.672. The van der Waals surface area contributed by atoms with Crippen LogP contribution < -0.4 is 10.1 Å². The van der Waals surface area contributed by atoms with Gasteiger partial charge in [0.05, 0.1) is 12.8 Å². The summed E-state index contributed by atoms with van der Waals surface area (Å²) in [6.07, 6.45) is 0. The third-order valence-corrected chi connectivity index (χ3v) is 3.46. The molecule has 0 heterocycles. The van der Waals surface area contributed by atoms with Crippen LogP contribution in [-0.2, 0) is 4.79 Å². The van der Waals surface area contributed by atoms with Gasteiger partial charge in [0.1, 0.15) is 5.75 Å². The summed E-state index contributed by atoms with van der Waals surface area (Å²) in [5, 5.41) is 6.44. The molecule has 0 fully saturated rings. The van der Waals surface area contributed by atoms with Gasteiger partial charge in [-0.2, -0.15) is 5.11 Å². The zero-order chi connectivity index (χ0) is 17.0. The van der Waals surface area contributed by atoms with Crippen molar-refractivity contribution in [3.05, 3.63) is 42.5 Å². The first-order valence-electron chi connectivity index (χ1n) is 7.32. The first-order chi connectivity index (χ1) is 10.8. The molecule has 120 valence electrons. The second-order valence-electron chi connectivity index (χ2n) is 6.28. The maximum Gasteiger partial charge on any atom is 0.229 e. The van der Waals surface area contributed by atoms with Crippen molar-refractivity contribution in [2.24, 2.45) is 10.5 Å². The predicted molar refractivity (Wildman–Crippen MR) is 91.3 cm³/mol. The molecular formula is C18H21N3O2. The highest BCUT2D eigenvalue weighted by Crippen LogP contribution is 2.34. The van der Waals surface area contributed by atoms with Gasteiger partial charge < -0.3 is 10.1 Å². The average Bonchev–Trinajstić information content (AvgIpc) is 2.54. The first-order valence-corrected chi connectivity index (χ1v) is 7.32. The van der Waals surface area contributed by atoms with Crippen LogP contribution in [0.3, 0.4) is 0 Å². The molecule has 0 aliphatic heterocycles. The van der Waals surface area contributed by atoms with Crippen molar-refractivity contribution in [2.45, 2.75) is 20.8 Å². The third kappa shape index (κ3) is 3.94. The summed E-state index contributed by atoms with van der Waals surface area (Å²) in [4.78, 5) is 12.0. The van der Waals surface area contributed by atoms with Gasteiger partial charge in [0.15, 0.2) is 0 Å². The van der Waals surface area contributed by atoms with Gasteiger partial charge in [0.25, 0.3) is 0 Å². The van der Waals surface area contributed by atoms with Crippen molar-refractivity contribution in [3.63, 3.8) is 0 Å². The van der Waals surface area contributed by atoms with Gasteiger partial charge in [0.2, 0.25) is 5.91 Å². The summed E-state index contributed by atoms with van der Waals surface area (Å²) < 4.78 is 5.23. The number of anilines is 1. The monoisotopic (exact) mass is 311 g/mol. The standard InChI is InChI=1S/C18H21N3O2/c1-18(2,3)17(22)20-13-7-5-12(6-8-13)15-11-14(23-4)9-10-16(15)21-19/h5-11,19H,1-4H3,(H,20,22). The second kappa shape index (κ2) is 6.60. The lowest BCUT2D eigenvalue weighted by atomic mass is 9.95. The number of carbonyl (C=O) groups excluding carboxylic acids is 1. The molecule has 0 radical (unpaired) electrons. The maximum atomic E-state index is 12.0. The van der Waals surface area contributed by atoms with E-state index < -0.39 is 5.41 Å². The van der Waals surface area contributed by atoms with E-state index in [1.54, 1.807) is 19.2 Å². The molecule has 0 bridgehead atoms. The van der Waals surface area contributed by atoms with E-state index in [4.69, 9.17) is 10.3 Å². The van der Waals surface area contributed by atoms with E-state index in [-0.39, 0.29) is 5.91 Å². The van der Waals surface area contributed by atoms with Gasteiger partial charge in [-0.1, -0.05) is 32.9 Å². The largest absolute Gasteiger partial charge is 0.497 e. The number of methoxy groups -OCH3 is 1. The van der Waals surface area contributed by atoms with Crippen molar-refractivity contribution in [1.82, 2.24) is 0 Å². The molecule has 23 heavy (non-hydrogen) atoms. The van der Waals surface area contributed by atoms with Crippen LogP contribution in [0.4, 0.5) is 11.4 Å². The molecule has 5 heteroatoms. The van der Waals surface area contributed by atoms with Crippen LogP contribution in [0.15, 0.2) is 47.6 Å². The van der Waals surface area contributed by atoms with Crippen LogP contribution in [0.1, 0.15) is 20.8 Å². The molecule has 0 spiro atoms. The molecule has 0 aliphatic carbocycles. The lowest BCUT2D eigenvalue weighted by Gasteiger charge is -2.17. The Labute approximate surface area is 136 Å². The van der Waals surface area contributed by atoms with E-state index in [9.17, 15) is 4.79 Å². The fraction of sp³-hybridized carbons (Fsp3) is 0.278.